The van der Waals surface area contributed by atoms with E-state index in [1.54, 1.807) is 0 Å². The summed E-state index contributed by atoms with van der Waals surface area (Å²) in [6, 6.07) is 9.54. The van der Waals surface area contributed by atoms with Crippen molar-refractivity contribution in [3.05, 3.63) is 35.9 Å². The third-order valence-electron chi connectivity index (χ3n) is 2.79. The Hall–Kier alpha value is -1.35. The minimum Gasteiger partial charge on any atom is -0.480 e. The van der Waals surface area contributed by atoms with Crippen LogP contribution in [0.3, 0.4) is 0 Å². The van der Waals surface area contributed by atoms with E-state index in [-0.39, 0.29) is 0 Å². The van der Waals surface area contributed by atoms with E-state index in [1.807, 2.05) is 56.1 Å². The lowest BCUT2D eigenvalue weighted by molar-refractivity contribution is -0.143. The molecule has 0 heterocycles. The Bertz CT molecular complexity index is 348. The number of hydrogen-bond donors (Lipinski definition) is 1. The Morgan fingerprint density at radius 2 is 1.88 bits per heavy atom. The van der Waals surface area contributed by atoms with E-state index in [1.165, 1.54) is 0 Å². The van der Waals surface area contributed by atoms with Gasteiger partial charge in [0.15, 0.2) is 0 Å². The van der Waals surface area contributed by atoms with Crippen molar-refractivity contribution in [1.82, 2.24) is 4.90 Å². The molecule has 0 spiro atoms. The highest BCUT2D eigenvalue weighted by Crippen LogP contribution is 2.13. The van der Waals surface area contributed by atoms with Crippen molar-refractivity contribution >= 4 is 5.97 Å². The van der Waals surface area contributed by atoms with Crippen LogP contribution in [0.5, 0.6) is 0 Å². The molecule has 0 saturated carbocycles. The van der Waals surface area contributed by atoms with Crippen molar-refractivity contribution < 1.29 is 9.90 Å². The lowest BCUT2D eigenvalue weighted by Crippen LogP contribution is -2.38. The molecule has 0 saturated heterocycles. The maximum atomic E-state index is 11.2. The Balaban J connectivity index is 2.65. The molecule has 0 aliphatic carbocycles. The van der Waals surface area contributed by atoms with Gasteiger partial charge in [-0.15, -0.1) is 0 Å². The van der Waals surface area contributed by atoms with Crippen molar-refractivity contribution in [2.75, 3.05) is 7.05 Å². The second-order valence-corrected chi connectivity index (χ2v) is 4.88. The molecular weight excluding hydrogens is 214 g/mol. The Kier molecular flexibility index (Phi) is 5.16. The molecule has 0 aliphatic heterocycles. The Morgan fingerprint density at radius 3 is 2.35 bits per heavy atom. The van der Waals surface area contributed by atoms with Crippen LogP contribution in [-0.2, 0) is 11.3 Å². The molecule has 1 atom stereocenters. The molecule has 1 aromatic rings. The largest absolute Gasteiger partial charge is 0.480 e. The predicted molar refractivity (Wildman–Crippen MR) is 68.8 cm³/mol. The highest BCUT2D eigenvalue weighted by molar-refractivity contribution is 5.73. The fourth-order valence-corrected chi connectivity index (χ4v) is 1.90. The third kappa shape index (κ3) is 4.57. The fourth-order valence-electron chi connectivity index (χ4n) is 1.90. The van der Waals surface area contributed by atoms with Gasteiger partial charge in [-0.05, 0) is 24.9 Å². The lowest BCUT2D eigenvalue weighted by atomic mass is 10.0. The van der Waals surface area contributed by atoms with Gasteiger partial charge in [-0.1, -0.05) is 44.2 Å². The summed E-state index contributed by atoms with van der Waals surface area (Å²) in [7, 11) is 1.87. The first-order valence-electron chi connectivity index (χ1n) is 5.97. The molecule has 94 valence electrons. The predicted octanol–water partition coefficient (Wildman–Crippen LogP) is 2.62. The second kappa shape index (κ2) is 6.40. The van der Waals surface area contributed by atoms with Crippen molar-refractivity contribution in [1.29, 1.82) is 0 Å². The fraction of sp³-hybridized carbons (Fsp3) is 0.500. The number of nitrogens with zero attached hydrogens (tertiary/aromatic N) is 1. The maximum Gasteiger partial charge on any atom is 0.320 e. The average molecular weight is 235 g/mol. The highest BCUT2D eigenvalue weighted by atomic mass is 16.4. The summed E-state index contributed by atoms with van der Waals surface area (Å²) in [6.45, 7) is 4.77. The summed E-state index contributed by atoms with van der Waals surface area (Å²) < 4.78 is 0. The molecule has 0 amide bonds. The molecule has 1 rings (SSSR count). The average Bonchev–Trinajstić information content (AvgIpc) is 2.26. The molecule has 0 bridgehead atoms. The summed E-state index contributed by atoms with van der Waals surface area (Å²) >= 11 is 0. The minimum atomic E-state index is -0.739. The first-order chi connectivity index (χ1) is 8.00. The van der Waals surface area contributed by atoms with Crippen LogP contribution in [-0.4, -0.2) is 29.1 Å². The highest BCUT2D eigenvalue weighted by Gasteiger charge is 2.23. The number of benzene rings is 1. The summed E-state index contributed by atoms with van der Waals surface area (Å²) in [5.41, 5.74) is 1.14. The monoisotopic (exact) mass is 235 g/mol. The van der Waals surface area contributed by atoms with Crippen LogP contribution in [0.1, 0.15) is 25.8 Å². The minimum absolute atomic E-state index is 0.384. The van der Waals surface area contributed by atoms with E-state index < -0.39 is 12.0 Å². The summed E-state index contributed by atoms with van der Waals surface area (Å²) in [4.78, 5) is 13.1. The Morgan fingerprint density at radius 1 is 1.29 bits per heavy atom. The van der Waals surface area contributed by atoms with Crippen LogP contribution in [0.15, 0.2) is 30.3 Å². The zero-order chi connectivity index (χ0) is 12.8. The van der Waals surface area contributed by atoms with Crippen LogP contribution in [0.4, 0.5) is 0 Å². The van der Waals surface area contributed by atoms with Crippen LogP contribution < -0.4 is 0 Å². The molecule has 0 radical (unpaired) electrons. The van der Waals surface area contributed by atoms with Gasteiger partial charge in [-0.2, -0.15) is 0 Å². The van der Waals surface area contributed by atoms with Gasteiger partial charge in [0.2, 0.25) is 0 Å². The number of aliphatic carboxylic acids is 1. The number of rotatable bonds is 6. The van der Waals surface area contributed by atoms with E-state index in [4.69, 9.17) is 0 Å². The molecule has 0 fully saturated rings. The summed E-state index contributed by atoms with van der Waals surface area (Å²) in [5.74, 6) is -0.355. The molecule has 0 aliphatic rings. The van der Waals surface area contributed by atoms with E-state index in [0.717, 1.165) is 5.56 Å². The molecule has 0 aromatic heterocycles. The van der Waals surface area contributed by atoms with Gasteiger partial charge in [0.25, 0.3) is 0 Å². The SMILES string of the molecule is CC(C)CC(C(=O)O)N(C)Cc1ccccc1. The first kappa shape index (κ1) is 13.7. The lowest BCUT2D eigenvalue weighted by Gasteiger charge is -2.26. The first-order valence-corrected chi connectivity index (χ1v) is 5.97. The number of carbonyl (C=O) groups is 1. The van der Waals surface area contributed by atoms with Gasteiger partial charge in [-0.25, -0.2) is 0 Å². The van der Waals surface area contributed by atoms with E-state index in [9.17, 15) is 9.90 Å². The summed E-state index contributed by atoms with van der Waals surface area (Å²) in [5, 5.41) is 9.23. The van der Waals surface area contributed by atoms with Crippen molar-refractivity contribution in [2.24, 2.45) is 5.92 Å². The van der Waals surface area contributed by atoms with E-state index in [2.05, 4.69) is 0 Å². The van der Waals surface area contributed by atoms with Gasteiger partial charge in [0, 0.05) is 6.54 Å². The molecule has 1 N–H and O–H groups in total. The molecule has 1 unspecified atom stereocenters. The normalized spacial score (nSPS) is 13.0. The maximum absolute atomic E-state index is 11.2. The molecular formula is C14H21NO2. The number of hydrogen-bond acceptors (Lipinski definition) is 2. The topological polar surface area (TPSA) is 40.5 Å². The van der Waals surface area contributed by atoms with Crippen LogP contribution in [0.2, 0.25) is 0 Å². The standard InChI is InChI=1S/C14H21NO2/c1-11(2)9-13(14(16)17)15(3)10-12-7-5-4-6-8-12/h4-8,11,13H,9-10H2,1-3H3,(H,16,17). The van der Waals surface area contributed by atoms with E-state index in [0.29, 0.717) is 18.9 Å². The van der Waals surface area contributed by atoms with Crippen LogP contribution >= 0.6 is 0 Å². The molecule has 3 nitrogen and oxygen atoms in total. The zero-order valence-corrected chi connectivity index (χ0v) is 10.8. The quantitative estimate of drug-likeness (QED) is 0.824. The van der Waals surface area contributed by atoms with Gasteiger partial charge in [0.05, 0.1) is 0 Å². The van der Waals surface area contributed by atoms with Gasteiger partial charge in [0.1, 0.15) is 6.04 Å². The summed E-state index contributed by atoms with van der Waals surface area (Å²) in [6.07, 6.45) is 0.679. The zero-order valence-electron chi connectivity index (χ0n) is 10.8. The Labute approximate surface area is 103 Å². The van der Waals surface area contributed by atoms with Crippen LogP contribution in [0.25, 0.3) is 0 Å². The molecule has 17 heavy (non-hydrogen) atoms. The van der Waals surface area contributed by atoms with Crippen molar-refractivity contribution in [2.45, 2.75) is 32.9 Å². The number of carboxylic acid groups (broad SMARTS) is 1. The van der Waals surface area contributed by atoms with Gasteiger partial charge in [-0.3, -0.25) is 9.69 Å². The van der Waals surface area contributed by atoms with Gasteiger partial charge < -0.3 is 5.11 Å². The van der Waals surface area contributed by atoms with Crippen LogP contribution in [0, 0.1) is 5.92 Å². The molecule has 3 heteroatoms. The van der Waals surface area contributed by atoms with Gasteiger partial charge >= 0.3 is 5.97 Å². The smallest absolute Gasteiger partial charge is 0.320 e. The van der Waals surface area contributed by atoms with E-state index >= 15 is 0 Å². The molecule has 1 aromatic carbocycles. The second-order valence-electron chi connectivity index (χ2n) is 4.88. The van der Waals surface area contributed by atoms with Crippen molar-refractivity contribution in [3.63, 3.8) is 0 Å². The number of carboxylic acids is 1. The van der Waals surface area contributed by atoms with Crippen molar-refractivity contribution in [3.8, 4) is 0 Å². The number of likely N-dealkylation sites (N-methyl/N-ethyl adjacent to an activating group) is 1. The third-order valence-corrected chi connectivity index (χ3v) is 2.79.